The maximum atomic E-state index is 5.59. The zero-order valence-corrected chi connectivity index (χ0v) is 9.86. The molecule has 0 aliphatic carbocycles. The second kappa shape index (κ2) is 5.01. The first kappa shape index (κ1) is 11.0. The summed E-state index contributed by atoms with van der Waals surface area (Å²) in [5, 5.41) is 3.26. The quantitative estimate of drug-likeness (QED) is 0.832. The number of nitrogens with zero attached hydrogens (tertiary/aromatic N) is 1. The van der Waals surface area contributed by atoms with Crippen LogP contribution in [-0.4, -0.2) is 11.5 Å². The Morgan fingerprint density at radius 1 is 1.25 bits per heavy atom. The predicted molar refractivity (Wildman–Crippen MR) is 66.6 cm³/mol. The summed E-state index contributed by atoms with van der Waals surface area (Å²) in [7, 11) is 0. The van der Waals surface area contributed by atoms with Crippen LogP contribution in [0.5, 0.6) is 0 Å². The summed E-state index contributed by atoms with van der Waals surface area (Å²) < 4.78 is 5.59. The third kappa shape index (κ3) is 2.35. The third-order valence-corrected chi connectivity index (χ3v) is 2.99. The van der Waals surface area contributed by atoms with Crippen molar-refractivity contribution in [2.45, 2.75) is 26.7 Å². The van der Waals surface area contributed by atoms with E-state index in [9.17, 15) is 0 Å². The van der Waals surface area contributed by atoms with Gasteiger partial charge in [-0.1, -0.05) is 38.8 Å². The lowest BCUT2D eigenvalue weighted by molar-refractivity contribution is 0.507. The topological polar surface area (TPSA) is 38.1 Å². The van der Waals surface area contributed by atoms with Gasteiger partial charge in [-0.05, 0) is 18.1 Å². The highest BCUT2D eigenvalue weighted by Crippen LogP contribution is 2.18. The van der Waals surface area contributed by atoms with Crippen molar-refractivity contribution >= 4 is 17.1 Å². The van der Waals surface area contributed by atoms with Crippen molar-refractivity contribution in [1.29, 1.82) is 0 Å². The Hall–Kier alpha value is -1.51. The Morgan fingerprint density at radius 3 is 2.69 bits per heavy atom. The number of para-hydroxylation sites is 2. The van der Waals surface area contributed by atoms with E-state index in [-0.39, 0.29) is 0 Å². The highest BCUT2D eigenvalue weighted by molar-refractivity contribution is 5.74. The van der Waals surface area contributed by atoms with E-state index in [1.165, 1.54) is 12.8 Å². The van der Waals surface area contributed by atoms with Crippen LogP contribution in [0.2, 0.25) is 0 Å². The van der Waals surface area contributed by atoms with Gasteiger partial charge in [0, 0.05) is 6.54 Å². The molecular weight excluding hydrogens is 200 g/mol. The van der Waals surface area contributed by atoms with Gasteiger partial charge in [-0.3, -0.25) is 0 Å². The van der Waals surface area contributed by atoms with E-state index in [2.05, 4.69) is 24.1 Å². The lowest BCUT2D eigenvalue weighted by Gasteiger charge is -2.11. The van der Waals surface area contributed by atoms with Crippen molar-refractivity contribution in [2.24, 2.45) is 5.92 Å². The average Bonchev–Trinajstić information content (AvgIpc) is 2.73. The SMILES string of the molecule is CCC(CC)CNc1nc2ccccc2o1. The molecule has 2 aromatic rings. The zero-order valence-electron chi connectivity index (χ0n) is 9.86. The third-order valence-electron chi connectivity index (χ3n) is 2.99. The first-order valence-corrected chi connectivity index (χ1v) is 5.93. The second-order valence-corrected chi connectivity index (χ2v) is 4.05. The van der Waals surface area contributed by atoms with Gasteiger partial charge >= 0.3 is 0 Å². The van der Waals surface area contributed by atoms with Crippen LogP contribution in [0.4, 0.5) is 6.01 Å². The van der Waals surface area contributed by atoms with Gasteiger partial charge in [-0.25, -0.2) is 0 Å². The highest BCUT2D eigenvalue weighted by Gasteiger charge is 2.07. The minimum atomic E-state index is 0.633. The van der Waals surface area contributed by atoms with E-state index in [0.29, 0.717) is 11.9 Å². The molecule has 0 saturated heterocycles. The predicted octanol–water partition coefficient (Wildman–Crippen LogP) is 3.68. The summed E-state index contributed by atoms with van der Waals surface area (Å²) in [6.45, 7) is 5.35. The lowest BCUT2D eigenvalue weighted by Crippen LogP contribution is -2.12. The van der Waals surface area contributed by atoms with Crippen LogP contribution in [0.15, 0.2) is 28.7 Å². The van der Waals surface area contributed by atoms with Crippen LogP contribution in [0, 0.1) is 5.92 Å². The van der Waals surface area contributed by atoms with E-state index in [0.717, 1.165) is 17.6 Å². The number of oxazole rings is 1. The molecule has 0 unspecified atom stereocenters. The van der Waals surface area contributed by atoms with Crippen LogP contribution < -0.4 is 5.32 Å². The molecule has 0 fully saturated rings. The number of fused-ring (bicyclic) bond motifs is 1. The zero-order chi connectivity index (χ0) is 11.4. The van der Waals surface area contributed by atoms with Gasteiger partial charge in [-0.15, -0.1) is 0 Å². The van der Waals surface area contributed by atoms with Gasteiger partial charge in [0.05, 0.1) is 0 Å². The molecule has 86 valence electrons. The molecular formula is C13H18N2O. The number of hydrogen-bond acceptors (Lipinski definition) is 3. The number of benzene rings is 1. The first-order valence-electron chi connectivity index (χ1n) is 5.93. The van der Waals surface area contributed by atoms with Crippen molar-refractivity contribution in [3.05, 3.63) is 24.3 Å². The van der Waals surface area contributed by atoms with Gasteiger partial charge in [0.1, 0.15) is 5.52 Å². The standard InChI is InChI=1S/C13H18N2O/c1-3-10(4-2)9-14-13-15-11-7-5-6-8-12(11)16-13/h5-8,10H,3-4,9H2,1-2H3,(H,14,15). The Labute approximate surface area is 95.9 Å². The van der Waals surface area contributed by atoms with Crippen molar-refractivity contribution in [3.63, 3.8) is 0 Å². The molecule has 0 amide bonds. The van der Waals surface area contributed by atoms with Crippen molar-refractivity contribution in [2.75, 3.05) is 11.9 Å². The molecule has 0 spiro atoms. The summed E-state index contributed by atoms with van der Waals surface area (Å²) in [5.41, 5.74) is 1.75. The summed E-state index contributed by atoms with van der Waals surface area (Å²) in [5.74, 6) is 0.690. The molecule has 0 atom stereocenters. The molecule has 1 aromatic heterocycles. The van der Waals surface area contributed by atoms with Crippen LogP contribution in [0.25, 0.3) is 11.1 Å². The van der Waals surface area contributed by atoms with E-state index < -0.39 is 0 Å². The smallest absolute Gasteiger partial charge is 0.295 e. The maximum Gasteiger partial charge on any atom is 0.295 e. The van der Waals surface area contributed by atoms with Gasteiger partial charge in [0.15, 0.2) is 5.58 Å². The van der Waals surface area contributed by atoms with Crippen molar-refractivity contribution in [3.8, 4) is 0 Å². The van der Waals surface area contributed by atoms with Gasteiger partial charge < -0.3 is 9.73 Å². The highest BCUT2D eigenvalue weighted by atomic mass is 16.4. The summed E-state index contributed by atoms with van der Waals surface area (Å²) in [4.78, 5) is 4.38. The number of anilines is 1. The normalized spacial score (nSPS) is 11.2. The van der Waals surface area contributed by atoms with Crippen LogP contribution in [0.3, 0.4) is 0 Å². The molecule has 3 nitrogen and oxygen atoms in total. The Kier molecular flexibility index (Phi) is 3.44. The van der Waals surface area contributed by atoms with E-state index >= 15 is 0 Å². The summed E-state index contributed by atoms with van der Waals surface area (Å²) >= 11 is 0. The largest absolute Gasteiger partial charge is 0.424 e. The Morgan fingerprint density at radius 2 is 2.00 bits per heavy atom. The summed E-state index contributed by atoms with van der Waals surface area (Å²) in [6.07, 6.45) is 2.37. The van der Waals surface area contributed by atoms with Crippen molar-refractivity contribution in [1.82, 2.24) is 4.98 Å². The molecule has 3 heteroatoms. The number of nitrogens with one attached hydrogen (secondary N) is 1. The van der Waals surface area contributed by atoms with Crippen molar-refractivity contribution < 1.29 is 4.42 Å². The molecule has 0 bridgehead atoms. The summed E-state index contributed by atoms with van der Waals surface area (Å²) in [6, 6.07) is 8.45. The molecule has 0 aliphatic heterocycles. The molecule has 1 heterocycles. The molecule has 0 radical (unpaired) electrons. The maximum absolute atomic E-state index is 5.59. The van der Waals surface area contributed by atoms with E-state index in [1.54, 1.807) is 0 Å². The van der Waals surface area contributed by atoms with Crippen LogP contribution in [0.1, 0.15) is 26.7 Å². The molecule has 0 saturated carbocycles. The minimum Gasteiger partial charge on any atom is -0.424 e. The Bertz CT molecular complexity index is 413. The fraction of sp³-hybridized carbons (Fsp3) is 0.462. The van der Waals surface area contributed by atoms with Gasteiger partial charge in [-0.2, -0.15) is 4.98 Å². The molecule has 1 aromatic carbocycles. The fourth-order valence-corrected chi connectivity index (χ4v) is 1.76. The number of aromatic nitrogens is 1. The molecule has 0 aliphatic rings. The number of rotatable bonds is 5. The first-order chi connectivity index (χ1) is 7.83. The van der Waals surface area contributed by atoms with Gasteiger partial charge in [0.25, 0.3) is 6.01 Å². The van der Waals surface area contributed by atoms with E-state index in [4.69, 9.17) is 4.42 Å². The van der Waals surface area contributed by atoms with E-state index in [1.807, 2.05) is 24.3 Å². The molecule has 2 rings (SSSR count). The average molecular weight is 218 g/mol. The van der Waals surface area contributed by atoms with Gasteiger partial charge in [0.2, 0.25) is 0 Å². The lowest BCUT2D eigenvalue weighted by atomic mass is 10.0. The number of hydrogen-bond donors (Lipinski definition) is 1. The fourth-order valence-electron chi connectivity index (χ4n) is 1.76. The van der Waals surface area contributed by atoms with Crippen LogP contribution >= 0.6 is 0 Å². The van der Waals surface area contributed by atoms with Crippen LogP contribution in [-0.2, 0) is 0 Å². The monoisotopic (exact) mass is 218 g/mol. The molecule has 16 heavy (non-hydrogen) atoms. The second-order valence-electron chi connectivity index (χ2n) is 4.05. The Balaban J connectivity index is 2.04. The minimum absolute atomic E-state index is 0.633. The molecule has 1 N–H and O–H groups in total.